The second-order valence-electron chi connectivity index (χ2n) is 4.91. The van der Waals surface area contributed by atoms with Gasteiger partial charge in [-0.3, -0.25) is 4.79 Å². The first kappa shape index (κ1) is 11.0. The highest BCUT2D eigenvalue weighted by atomic mass is 16.3. The SMILES string of the molecule is CC(CC(=O)c1ccoc1)C(C)(C)C. The smallest absolute Gasteiger partial charge is 0.166 e. The second kappa shape index (κ2) is 3.99. The molecule has 1 rings (SSSR count). The Bertz CT molecular complexity index is 291. The molecule has 0 saturated heterocycles. The van der Waals surface area contributed by atoms with E-state index in [-0.39, 0.29) is 11.2 Å². The highest BCUT2D eigenvalue weighted by molar-refractivity contribution is 5.95. The summed E-state index contributed by atoms with van der Waals surface area (Å²) in [6.07, 6.45) is 3.63. The Morgan fingerprint density at radius 1 is 1.50 bits per heavy atom. The van der Waals surface area contributed by atoms with Crippen LogP contribution in [0.25, 0.3) is 0 Å². The Morgan fingerprint density at radius 2 is 2.14 bits per heavy atom. The molecule has 0 bridgehead atoms. The standard InChI is InChI=1S/C12H18O2/c1-9(12(2,3)4)7-11(13)10-5-6-14-8-10/h5-6,8-9H,7H2,1-4H3. The molecule has 2 heteroatoms. The van der Waals surface area contributed by atoms with Crippen LogP contribution in [0.2, 0.25) is 0 Å². The minimum Gasteiger partial charge on any atom is -0.472 e. The molecule has 0 saturated carbocycles. The van der Waals surface area contributed by atoms with Crippen molar-refractivity contribution in [3.63, 3.8) is 0 Å². The first-order chi connectivity index (χ1) is 6.41. The van der Waals surface area contributed by atoms with Crippen molar-refractivity contribution in [2.75, 3.05) is 0 Å². The number of ketones is 1. The van der Waals surface area contributed by atoms with Gasteiger partial charge in [-0.2, -0.15) is 0 Å². The molecule has 0 fully saturated rings. The summed E-state index contributed by atoms with van der Waals surface area (Å²) in [6, 6.07) is 1.72. The van der Waals surface area contributed by atoms with Gasteiger partial charge >= 0.3 is 0 Å². The number of hydrogen-bond donors (Lipinski definition) is 0. The van der Waals surface area contributed by atoms with E-state index in [0.717, 1.165) is 0 Å². The summed E-state index contributed by atoms with van der Waals surface area (Å²) >= 11 is 0. The Morgan fingerprint density at radius 3 is 2.57 bits per heavy atom. The van der Waals surface area contributed by atoms with Crippen LogP contribution in [-0.4, -0.2) is 5.78 Å². The van der Waals surface area contributed by atoms with Crippen LogP contribution in [0.1, 0.15) is 44.5 Å². The van der Waals surface area contributed by atoms with Crippen LogP contribution in [-0.2, 0) is 0 Å². The average Bonchev–Trinajstić information content (AvgIpc) is 2.53. The summed E-state index contributed by atoms with van der Waals surface area (Å²) in [4.78, 5) is 11.7. The second-order valence-corrected chi connectivity index (χ2v) is 4.91. The van der Waals surface area contributed by atoms with Gasteiger partial charge in [0.05, 0.1) is 11.8 Å². The van der Waals surface area contributed by atoms with Gasteiger partial charge in [-0.15, -0.1) is 0 Å². The van der Waals surface area contributed by atoms with Gasteiger partial charge in [0.2, 0.25) is 0 Å². The average molecular weight is 194 g/mol. The Kier molecular flexibility index (Phi) is 3.14. The van der Waals surface area contributed by atoms with Gasteiger partial charge in [0, 0.05) is 6.42 Å². The highest BCUT2D eigenvalue weighted by Gasteiger charge is 2.23. The van der Waals surface area contributed by atoms with Crippen molar-refractivity contribution >= 4 is 5.78 Å². The lowest BCUT2D eigenvalue weighted by atomic mass is 9.79. The Balaban J connectivity index is 2.58. The molecule has 0 N–H and O–H groups in total. The summed E-state index contributed by atoms with van der Waals surface area (Å²) in [5.41, 5.74) is 0.862. The molecule has 0 radical (unpaired) electrons. The van der Waals surface area contributed by atoms with Crippen molar-refractivity contribution in [1.82, 2.24) is 0 Å². The van der Waals surface area contributed by atoms with Gasteiger partial charge in [0.15, 0.2) is 5.78 Å². The van der Waals surface area contributed by atoms with Crippen LogP contribution in [0.4, 0.5) is 0 Å². The van der Waals surface area contributed by atoms with E-state index < -0.39 is 0 Å². The number of hydrogen-bond acceptors (Lipinski definition) is 2. The maximum Gasteiger partial charge on any atom is 0.166 e. The lowest BCUT2D eigenvalue weighted by Crippen LogP contribution is -2.20. The lowest BCUT2D eigenvalue weighted by Gasteiger charge is -2.26. The number of carbonyl (C=O) groups excluding carboxylic acids is 1. The zero-order valence-corrected chi connectivity index (χ0v) is 9.33. The van der Waals surface area contributed by atoms with E-state index in [4.69, 9.17) is 4.42 Å². The minimum atomic E-state index is 0.168. The molecule has 1 heterocycles. The molecular weight excluding hydrogens is 176 g/mol. The molecule has 0 amide bonds. The fourth-order valence-electron chi connectivity index (χ4n) is 1.13. The molecule has 1 aromatic heterocycles. The molecule has 1 atom stereocenters. The van der Waals surface area contributed by atoms with Gasteiger partial charge in [-0.25, -0.2) is 0 Å². The first-order valence-corrected chi connectivity index (χ1v) is 4.96. The largest absolute Gasteiger partial charge is 0.472 e. The molecule has 0 aromatic carbocycles. The Labute approximate surface area is 85.3 Å². The third-order valence-electron chi connectivity index (χ3n) is 2.81. The van der Waals surface area contributed by atoms with E-state index in [1.807, 2.05) is 0 Å². The molecule has 2 nitrogen and oxygen atoms in total. The van der Waals surface area contributed by atoms with Crippen LogP contribution < -0.4 is 0 Å². The zero-order valence-electron chi connectivity index (χ0n) is 9.33. The monoisotopic (exact) mass is 194 g/mol. The lowest BCUT2D eigenvalue weighted by molar-refractivity contribution is 0.0926. The first-order valence-electron chi connectivity index (χ1n) is 4.96. The number of rotatable bonds is 3. The van der Waals surface area contributed by atoms with Crippen molar-refractivity contribution in [3.05, 3.63) is 24.2 Å². The predicted octanol–water partition coefficient (Wildman–Crippen LogP) is 3.53. The number of furan rings is 1. The van der Waals surface area contributed by atoms with Gasteiger partial charge in [0.25, 0.3) is 0 Å². The van der Waals surface area contributed by atoms with E-state index in [1.165, 1.54) is 12.5 Å². The van der Waals surface area contributed by atoms with Crippen molar-refractivity contribution in [2.45, 2.75) is 34.1 Å². The number of Topliss-reactive ketones (excluding diaryl/α,β-unsaturated/α-hetero) is 1. The van der Waals surface area contributed by atoms with Crippen LogP contribution in [0.5, 0.6) is 0 Å². The quantitative estimate of drug-likeness (QED) is 0.689. The fourth-order valence-corrected chi connectivity index (χ4v) is 1.13. The molecule has 78 valence electrons. The number of carbonyl (C=O) groups is 1. The molecule has 0 aliphatic carbocycles. The topological polar surface area (TPSA) is 30.2 Å². The van der Waals surface area contributed by atoms with Gasteiger partial charge in [0.1, 0.15) is 6.26 Å². The summed E-state index contributed by atoms with van der Waals surface area (Å²) in [5, 5.41) is 0. The summed E-state index contributed by atoms with van der Waals surface area (Å²) in [7, 11) is 0. The maximum absolute atomic E-state index is 11.7. The third kappa shape index (κ3) is 2.72. The van der Waals surface area contributed by atoms with Crippen molar-refractivity contribution in [3.8, 4) is 0 Å². The third-order valence-corrected chi connectivity index (χ3v) is 2.81. The van der Waals surface area contributed by atoms with Crippen LogP contribution in [0.3, 0.4) is 0 Å². The molecule has 0 spiro atoms. The Hall–Kier alpha value is -1.05. The minimum absolute atomic E-state index is 0.168. The van der Waals surface area contributed by atoms with E-state index >= 15 is 0 Å². The molecular formula is C12H18O2. The van der Waals surface area contributed by atoms with E-state index in [0.29, 0.717) is 17.9 Å². The van der Waals surface area contributed by atoms with Crippen LogP contribution in [0, 0.1) is 11.3 Å². The summed E-state index contributed by atoms with van der Waals surface area (Å²) in [6.45, 7) is 8.57. The summed E-state index contributed by atoms with van der Waals surface area (Å²) < 4.78 is 4.88. The zero-order chi connectivity index (χ0) is 10.8. The van der Waals surface area contributed by atoms with Gasteiger partial charge in [-0.1, -0.05) is 27.7 Å². The normalized spacial score (nSPS) is 14.0. The van der Waals surface area contributed by atoms with E-state index in [1.54, 1.807) is 6.07 Å². The fraction of sp³-hybridized carbons (Fsp3) is 0.583. The summed E-state index contributed by atoms with van der Waals surface area (Å²) in [5.74, 6) is 0.547. The van der Waals surface area contributed by atoms with Crippen molar-refractivity contribution < 1.29 is 9.21 Å². The van der Waals surface area contributed by atoms with Gasteiger partial charge in [-0.05, 0) is 17.4 Å². The van der Waals surface area contributed by atoms with Crippen LogP contribution >= 0.6 is 0 Å². The highest BCUT2D eigenvalue weighted by Crippen LogP contribution is 2.29. The van der Waals surface area contributed by atoms with E-state index in [9.17, 15) is 4.79 Å². The van der Waals surface area contributed by atoms with Crippen molar-refractivity contribution in [2.24, 2.45) is 11.3 Å². The molecule has 1 aromatic rings. The molecule has 0 aliphatic rings. The maximum atomic E-state index is 11.7. The van der Waals surface area contributed by atoms with E-state index in [2.05, 4.69) is 27.7 Å². The molecule has 0 aliphatic heterocycles. The van der Waals surface area contributed by atoms with Crippen molar-refractivity contribution in [1.29, 1.82) is 0 Å². The van der Waals surface area contributed by atoms with Gasteiger partial charge < -0.3 is 4.42 Å². The predicted molar refractivity (Wildman–Crippen MR) is 56.3 cm³/mol. The molecule has 1 unspecified atom stereocenters. The molecule has 14 heavy (non-hydrogen) atoms. The van der Waals surface area contributed by atoms with Crippen LogP contribution in [0.15, 0.2) is 23.0 Å².